The van der Waals surface area contributed by atoms with E-state index >= 15 is 0 Å². The first-order valence-electron chi connectivity index (χ1n) is 9.61. The Morgan fingerprint density at radius 2 is 2.07 bits per heavy atom. The van der Waals surface area contributed by atoms with E-state index in [-0.39, 0.29) is 24.3 Å². The second-order valence-corrected chi connectivity index (χ2v) is 7.77. The Morgan fingerprint density at radius 3 is 2.78 bits per heavy atom. The van der Waals surface area contributed by atoms with Crippen molar-refractivity contribution in [3.8, 4) is 0 Å². The molecule has 2 aromatic rings. The van der Waals surface area contributed by atoms with Crippen LogP contribution in [0.4, 0.5) is 0 Å². The third-order valence-corrected chi connectivity index (χ3v) is 5.90. The van der Waals surface area contributed by atoms with Gasteiger partial charge in [0.1, 0.15) is 0 Å². The molecular formula is C21H31N3O3. The third-order valence-electron chi connectivity index (χ3n) is 5.90. The summed E-state index contributed by atoms with van der Waals surface area (Å²) in [4.78, 5) is 20.7. The molecule has 2 atom stereocenters. The highest BCUT2D eigenvalue weighted by atomic mass is 16.5. The van der Waals surface area contributed by atoms with Gasteiger partial charge in [0.2, 0.25) is 0 Å². The molecule has 0 bridgehead atoms. The number of carbonyl (C=O) groups excluding carboxylic acids is 1. The molecule has 148 valence electrons. The van der Waals surface area contributed by atoms with E-state index in [9.17, 15) is 9.90 Å². The topological polar surface area (TPSA) is 68.8 Å². The van der Waals surface area contributed by atoms with Gasteiger partial charge in [0.25, 0.3) is 5.91 Å². The number of benzene rings is 1. The van der Waals surface area contributed by atoms with Gasteiger partial charge in [-0.05, 0) is 38.4 Å². The van der Waals surface area contributed by atoms with Crippen molar-refractivity contribution in [2.75, 3.05) is 53.6 Å². The number of para-hydroxylation sites is 1. The SMILES string of the molecule is COCCN(C)C[C@@H]1CN(C(=O)c2cccc3c(C)c(C)[nH]c23)C[C@@H]1CO. The van der Waals surface area contributed by atoms with Crippen LogP contribution in [-0.2, 0) is 4.74 Å². The van der Waals surface area contributed by atoms with E-state index in [1.165, 1.54) is 5.56 Å². The van der Waals surface area contributed by atoms with Gasteiger partial charge in [0.15, 0.2) is 0 Å². The van der Waals surface area contributed by atoms with Crippen LogP contribution < -0.4 is 0 Å². The van der Waals surface area contributed by atoms with Gasteiger partial charge in [-0.15, -0.1) is 0 Å². The Labute approximate surface area is 161 Å². The Balaban J connectivity index is 1.77. The van der Waals surface area contributed by atoms with Crippen molar-refractivity contribution in [1.82, 2.24) is 14.8 Å². The molecule has 0 saturated carbocycles. The summed E-state index contributed by atoms with van der Waals surface area (Å²) in [5.41, 5.74) is 3.91. The molecule has 6 nitrogen and oxygen atoms in total. The van der Waals surface area contributed by atoms with Crippen LogP contribution in [0.15, 0.2) is 18.2 Å². The molecule has 1 saturated heterocycles. The van der Waals surface area contributed by atoms with E-state index in [1.54, 1.807) is 7.11 Å². The lowest BCUT2D eigenvalue weighted by Gasteiger charge is -2.23. The number of aromatic amines is 1. The molecule has 2 heterocycles. The molecule has 0 radical (unpaired) electrons. The minimum absolute atomic E-state index is 0.0438. The fourth-order valence-corrected chi connectivity index (χ4v) is 4.09. The zero-order valence-corrected chi connectivity index (χ0v) is 16.8. The molecule has 1 aliphatic rings. The molecular weight excluding hydrogens is 342 g/mol. The highest BCUT2D eigenvalue weighted by Crippen LogP contribution is 2.29. The average molecular weight is 373 g/mol. The molecule has 1 aliphatic heterocycles. The van der Waals surface area contributed by atoms with Crippen molar-refractivity contribution < 1.29 is 14.6 Å². The number of methoxy groups -OCH3 is 1. The number of hydrogen-bond donors (Lipinski definition) is 2. The van der Waals surface area contributed by atoms with Crippen molar-refractivity contribution in [1.29, 1.82) is 0 Å². The molecule has 2 N–H and O–H groups in total. The van der Waals surface area contributed by atoms with Crippen LogP contribution in [0, 0.1) is 25.7 Å². The van der Waals surface area contributed by atoms with E-state index in [4.69, 9.17) is 4.74 Å². The van der Waals surface area contributed by atoms with Gasteiger partial charge in [-0.25, -0.2) is 0 Å². The monoisotopic (exact) mass is 373 g/mol. The summed E-state index contributed by atoms with van der Waals surface area (Å²) in [5, 5.41) is 10.9. The van der Waals surface area contributed by atoms with E-state index in [0.717, 1.165) is 29.7 Å². The number of aliphatic hydroxyl groups excluding tert-OH is 1. The number of hydrogen-bond acceptors (Lipinski definition) is 4. The number of carbonyl (C=O) groups is 1. The summed E-state index contributed by atoms with van der Waals surface area (Å²) in [5.74, 6) is 0.430. The number of nitrogens with zero attached hydrogens (tertiary/aromatic N) is 2. The maximum absolute atomic E-state index is 13.2. The van der Waals surface area contributed by atoms with Crippen LogP contribution in [0.25, 0.3) is 10.9 Å². The van der Waals surface area contributed by atoms with Gasteiger partial charge >= 0.3 is 0 Å². The third kappa shape index (κ3) is 4.03. The fraction of sp³-hybridized carbons (Fsp3) is 0.571. The molecule has 1 aromatic heterocycles. The summed E-state index contributed by atoms with van der Waals surface area (Å²) in [6.07, 6.45) is 0. The normalized spacial score (nSPS) is 20.1. The van der Waals surface area contributed by atoms with Gasteiger partial charge < -0.3 is 24.6 Å². The summed E-state index contributed by atoms with van der Waals surface area (Å²) in [6.45, 7) is 7.88. The minimum atomic E-state index is 0.0438. The fourth-order valence-electron chi connectivity index (χ4n) is 4.09. The second kappa shape index (κ2) is 8.42. The lowest BCUT2D eigenvalue weighted by molar-refractivity contribution is 0.0780. The Morgan fingerprint density at radius 1 is 1.33 bits per heavy atom. The highest BCUT2D eigenvalue weighted by molar-refractivity contribution is 6.06. The molecule has 3 rings (SSSR count). The average Bonchev–Trinajstić information content (AvgIpc) is 3.20. The van der Waals surface area contributed by atoms with Gasteiger partial charge in [0.05, 0.1) is 17.7 Å². The molecule has 0 aliphatic carbocycles. The zero-order chi connectivity index (χ0) is 19.6. The number of fused-ring (bicyclic) bond motifs is 1. The molecule has 0 spiro atoms. The summed E-state index contributed by atoms with van der Waals surface area (Å²) in [6, 6.07) is 5.90. The molecule has 1 amide bonds. The van der Waals surface area contributed by atoms with Gasteiger partial charge in [0, 0.05) is 56.9 Å². The first-order valence-corrected chi connectivity index (χ1v) is 9.61. The van der Waals surface area contributed by atoms with Crippen LogP contribution in [0.2, 0.25) is 0 Å². The van der Waals surface area contributed by atoms with Crippen LogP contribution >= 0.6 is 0 Å². The largest absolute Gasteiger partial charge is 0.396 e. The van der Waals surface area contributed by atoms with E-state index in [2.05, 4.69) is 29.9 Å². The van der Waals surface area contributed by atoms with Crippen LogP contribution in [0.1, 0.15) is 21.6 Å². The standard InChI is InChI=1S/C21H31N3O3/c1-14-15(2)22-20-18(14)6-5-7-19(20)21(26)24-11-16(17(12-24)13-25)10-23(3)8-9-27-4/h5-7,16-17,22,25H,8-13H2,1-4H3/t16-,17-/m1/s1. The lowest BCUT2D eigenvalue weighted by atomic mass is 9.96. The van der Waals surface area contributed by atoms with E-state index < -0.39 is 0 Å². The second-order valence-electron chi connectivity index (χ2n) is 7.77. The number of aromatic nitrogens is 1. The van der Waals surface area contributed by atoms with E-state index in [1.807, 2.05) is 24.0 Å². The molecule has 1 fully saturated rings. The number of rotatable bonds is 7. The minimum Gasteiger partial charge on any atom is -0.396 e. The van der Waals surface area contributed by atoms with Crippen LogP contribution in [0.5, 0.6) is 0 Å². The van der Waals surface area contributed by atoms with Crippen molar-refractivity contribution in [2.45, 2.75) is 13.8 Å². The first-order chi connectivity index (χ1) is 13.0. The number of likely N-dealkylation sites (N-methyl/N-ethyl adjacent to an activating group) is 1. The van der Waals surface area contributed by atoms with Gasteiger partial charge in [-0.2, -0.15) is 0 Å². The number of ether oxygens (including phenoxy) is 1. The van der Waals surface area contributed by atoms with Crippen molar-refractivity contribution in [2.24, 2.45) is 11.8 Å². The number of aryl methyl sites for hydroxylation is 2. The number of H-pyrrole nitrogens is 1. The van der Waals surface area contributed by atoms with Crippen LogP contribution in [-0.4, -0.2) is 79.3 Å². The number of likely N-dealkylation sites (tertiary alicyclic amines) is 1. The van der Waals surface area contributed by atoms with Crippen molar-refractivity contribution in [3.05, 3.63) is 35.0 Å². The molecule has 0 unspecified atom stereocenters. The Kier molecular flexibility index (Phi) is 6.19. The molecule has 6 heteroatoms. The first kappa shape index (κ1) is 19.9. The maximum atomic E-state index is 13.2. The zero-order valence-electron chi connectivity index (χ0n) is 16.8. The Hall–Kier alpha value is -1.89. The number of aliphatic hydroxyl groups is 1. The Bertz CT molecular complexity index is 801. The predicted octanol–water partition coefficient (Wildman–Crippen LogP) is 2.04. The van der Waals surface area contributed by atoms with E-state index in [0.29, 0.717) is 25.3 Å². The predicted molar refractivity (Wildman–Crippen MR) is 107 cm³/mol. The summed E-state index contributed by atoms with van der Waals surface area (Å²) in [7, 11) is 3.76. The maximum Gasteiger partial charge on any atom is 0.256 e. The number of nitrogens with one attached hydrogen (secondary N) is 1. The molecule has 27 heavy (non-hydrogen) atoms. The van der Waals surface area contributed by atoms with Gasteiger partial charge in [-0.3, -0.25) is 4.79 Å². The number of amides is 1. The van der Waals surface area contributed by atoms with Gasteiger partial charge in [-0.1, -0.05) is 12.1 Å². The summed E-state index contributed by atoms with van der Waals surface area (Å²) < 4.78 is 5.14. The lowest BCUT2D eigenvalue weighted by Crippen LogP contribution is -2.33. The van der Waals surface area contributed by atoms with Crippen LogP contribution in [0.3, 0.4) is 0 Å². The summed E-state index contributed by atoms with van der Waals surface area (Å²) >= 11 is 0. The highest BCUT2D eigenvalue weighted by Gasteiger charge is 2.36. The quantitative estimate of drug-likeness (QED) is 0.779. The molecule has 1 aromatic carbocycles. The smallest absolute Gasteiger partial charge is 0.256 e. The van der Waals surface area contributed by atoms with Crippen molar-refractivity contribution >= 4 is 16.8 Å². The van der Waals surface area contributed by atoms with Crippen molar-refractivity contribution in [3.63, 3.8) is 0 Å².